The first-order valence-electron chi connectivity index (χ1n) is 6.71. The van der Waals surface area contributed by atoms with E-state index in [1.54, 1.807) is 0 Å². The van der Waals surface area contributed by atoms with Crippen LogP contribution in [-0.2, 0) is 9.59 Å². The van der Waals surface area contributed by atoms with Crippen molar-refractivity contribution in [2.45, 2.75) is 25.8 Å². The summed E-state index contributed by atoms with van der Waals surface area (Å²) in [5.41, 5.74) is 0. The molecule has 0 spiro atoms. The maximum absolute atomic E-state index is 12.4. The third-order valence-corrected chi connectivity index (χ3v) is 4.16. The molecule has 0 aromatic rings. The summed E-state index contributed by atoms with van der Waals surface area (Å²) in [6.45, 7) is 4.36. The molecule has 3 unspecified atom stereocenters. The first kappa shape index (κ1) is 13.3. The molecule has 2 fully saturated rings. The normalized spacial score (nSPS) is 32.8. The molecule has 2 aliphatic heterocycles. The van der Waals surface area contributed by atoms with Crippen LogP contribution in [-0.4, -0.2) is 61.4 Å². The molecular weight excluding hydrogens is 230 g/mol. The summed E-state index contributed by atoms with van der Waals surface area (Å²) in [6.07, 6.45) is 1.18. The first-order valence-corrected chi connectivity index (χ1v) is 6.71. The van der Waals surface area contributed by atoms with E-state index in [1.165, 1.54) is 0 Å². The topological polar surface area (TPSA) is 52.7 Å². The van der Waals surface area contributed by atoms with Crippen LogP contribution < -0.4 is 5.32 Å². The van der Waals surface area contributed by atoms with Gasteiger partial charge in [0, 0.05) is 32.1 Å². The molecule has 2 heterocycles. The van der Waals surface area contributed by atoms with Gasteiger partial charge in [-0.05, 0) is 26.4 Å². The van der Waals surface area contributed by atoms with Gasteiger partial charge >= 0.3 is 0 Å². The molecular formula is C13H23N3O2. The van der Waals surface area contributed by atoms with Crippen LogP contribution in [0.4, 0.5) is 0 Å². The van der Waals surface area contributed by atoms with Crippen LogP contribution in [0, 0.1) is 11.8 Å². The minimum atomic E-state index is -0.0178. The summed E-state index contributed by atoms with van der Waals surface area (Å²) in [5, 5.41) is 2.78. The van der Waals surface area contributed by atoms with E-state index in [4.69, 9.17) is 0 Å². The zero-order valence-electron chi connectivity index (χ0n) is 11.5. The van der Waals surface area contributed by atoms with Crippen molar-refractivity contribution < 1.29 is 9.59 Å². The van der Waals surface area contributed by atoms with Gasteiger partial charge in [0.25, 0.3) is 0 Å². The second-order valence-corrected chi connectivity index (χ2v) is 5.79. The second kappa shape index (κ2) is 5.26. The molecule has 5 heteroatoms. The predicted octanol–water partition coefficient (Wildman–Crippen LogP) is -0.0789. The Labute approximate surface area is 108 Å². The molecule has 0 saturated carbocycles. The summed E-state index contributed by atoms with van der Waals surface area (Å²) in [4.78, 5) is 27.6. The average molecular weight is 253 g/mol. The van der Waals surface area contributed by atoms with E-state index in [9.17, 15) is 9.59 Å². The van der Waals surface area contributed by atoms with Crippen LogP contribution in [0.1, 0.15) is 19.8 Å². The van der Waals surface area contributed by atoms with Gasteiger partial charge in [-0.3, -0.25) is 9.59 Å². The number of nitrogens with zero attached hydrogens (tertiary/aromatic N) is 2. The number of hydrogen-bond acceptors (Lipinski definition) is 3. The Balaban J connectivity index is 1.92. The Hall–Kier alpha value is -1.10. The highest BCUT2D eigenvalue weighted by atomic mass is 16.2. The smallest absolute Gasteiger partial charge is 0.227 e. The Morgan fingerprint density at radius 2 is 2.11 bits per heavy atom. The third kappa shape index (κ3) is 2.66. The van der Waals surface area contributed by atoms with Crippen LogP contribution in [0.15, 0.2) is 0 Å². The molecule has 18 heavy (non-hydrogen) atoms. The quantitative estimate of drug-likeness (QED) is 0.749. The van der Waals surface area contributed by atoms with Gasteiger partial charge in [0.15, 0.2) is 0 Å². The lowest BCUT2D eigenvalue weighted by atomic mass is 9.98. The lowest BCUT2D eigenvalue weighted by molar-refractivity contribution is -0.136. The van der Waals surface area contributed by atoms with Gasteiger partial charge in [0.1, 0.15) is 0 Å². The Kier molecular flexibility index (Phi) is 3.90. The standard InChI is InChI=1S/C13H23N3O2/c1-9-7-16(8-11(9)15(2)3)13(18)10-4-5-12(17)14-6-10/h9-11H,4-8H2,1-3H3,(H,14,17). The van der Waals surface area contributed by atoms with Crippen LogP contribution in [0.2, 0.25) is 0 Å². The molecule has 0 bridgehead atoms. The van der Waals surface area contributed by atoms with Crippen LogP contribution in [0.25, 0.3) is 0 Å². The minimum Gasteiger partial charge on any atom is -0.355 e. The van der Waals surface area contributed by atoms with Crippen molar-refractivity contribution in [3.63, 3.8) is 0 Å². The molecule has 0 aromatic carbocycles. The highest BCUT2D eigenvalue weighted by Crippen LogP contribution is 2.23. The molecule has 3 atom stereocenters. The zero-order valence-corrected chi connectivity index (χ0v) is 11.5. The number of likely N-dealkylation sites (N-methyl/N-ethyl adjacent to an activating group) is 1. The van der Waals surface area contributed by atoms with Crippen molar-refractivity contribution in [1.82, 2.24) is 15.1 Å². The maximum atomic E-state index is 12.4. The summed E-state index contributed by atoms with van der Waals surface area (Å²) in [6, 6.07) is 0.451. The fourth-order valence-electron chi connectivity index (χ4n) is 3.00. The van der Waals surface area contributed by atoms with Crippen molar-refractivity contribution in [3.8, 4) is 0 Å². The second-order valence-electron chi connectivity index (χ2n) is 5.79. The molecule has 2 aliphatic rings. The van der Waals surface area contributed by atoms with Gasteiger partial charge in [0.05, 0.1) is 5.92 Å². The molecule has 5 nitrogen and oxygen atoms in total. The minimum absolute atomic E-state index is 0.0178. The van der Waals surface area contributed by atoms with Gasteiger partial charge in [-0.2, -0.15) is 0 Å². The molecule has 0 aliphatic carbocycles. The number of hydrogen-bond donors (Lipinski definition) is 1. The van der Waals surface area contributed by atoms with Crippen molar-refractivity contribution in [2.75, 3.05) is 33.7 Å². The molecule has 0 aromatic heterocycles. The number of amides is 2. The van der Waals surface area contributed by atoms with Gasteiger partial charge in [0.2, 0.25) is 11.8 Å². The maximum Gasteiger partial charge on any atom is 0.227 e. The Bertz CT molecular complexity index is 333. The number of rotatable bonds is 2. The largest absolute Gasteiger partial charge is 0.355 e. The van der Waals surface area contributed by atoms with Crippen LogP contribution in [0.5, 0.6) is 0 Å². The monoisotopic (exact) mass is 253 g/mol. The van der Waals surface area contributed by atoms with Crippen LogP contribution in [0.3, 0.4) is 0 Å². The molecule has 102 valence electrons. The van der Waals surface area contributed by atoms with Crippen LogP contribution >= 0.6 is 0 Å². The van der Waals surface area contributed by atoms with E-state index in [-0.39, 0.29) is 17.7 Å². The molecule has 0 radical (unpaired) electrons. The van der Waals surface area contributed by atoms with Crippen molar-refractivity contribution >= 4 is 11.8 Å². The molecule has 1 N–H and O–H groups in total. The van der Waals surface area contributed by atoms with Gasteiger partial charge in [-0.25, -0.2) is 0 Å². The first-order chi connectivity index (χ1) is 8.49. The van der Waals surface area contributed by atoms with E-state index in [2.05, 4.69) is 31.2 Å². The van der Waals surface area contributed by atoms with Gasteiger partial charge in [-0.1, -0.05) is 6.92 Å². The van der Waals surface area contributed by atoms with E-state index in [0.29, 0.717) is 31.3 Å². The molecule has 2 saturated heterocycles. The number of piperidine rings is 1. The van der Waals surface area contributed by atoms with Crippen molar-refractivity contribution in [1.29, 1.82) is 0 Å². The summed E-state index contributed by atoms with van der Waals surface area (Å²) < 4.78 is 0. The zero-order chi connectivity index (χ0) is 13.3. The van der Waals surface area contributed by atoms with Gasteiger partial charge in [-0.15, -0.1) is 0 Å². The van der Waals surface area contributed by atoms with E-state index in [0.717, 1.165) is 13.1 Å². The van der Waals surface area contributed by atoms with Crippen molar-refractivity contribution in [2.24, 2.45) is 11.8 Å². The van der Waals surface area contributed by atoms with Gasteiger partial charge < -0.3 is 15.1 Å². The van der Waals surface area contributed by atoms with E-state index < -0.39 is 0 Å². The van der Waals surface area contributed by atoms with Crippen molar-refractivity contribution in [3.05, 3.63) is 0 Å². The highest BCUT2D eigenvalue weighted by molar-refractivity contribution is 5.84. The number of nitrogens with one attached hydrogen (secondary N) is 1. The van der Waals surface area contributed by atoms with E-state index >= 15 is 0 Å². The number of likely N-dealkylation sites (tertiary alicyclic amines) is 1. The number of carbonyl (C=O) groups excluding carboxylic acids is 2. The summed E-state index contributed by atoms with van der Waals surface area (Å²) >= 11 is 0. The predicted molar refractivity (Wildman–Crippen MR) is 69.0 cm³/mol. The molecule has 2 rings (SSSR count). The average Bonchev–Trinajstić information content (AvgIpc) is 2.71. The highest BCUT2D eigenvalue weighted by Gasteiger charge is 2.37. The Morgan fingerprint density at radius 1 is 1.39 bits per heavy atom. The summed E-state index contributed by atoms with van der Waals surface area (Å²) in [7, 11) is 4.13. The SMILES string of the molecule is CC1CN(C(=O)C2CCC(=O)NC2)CC1N(C)C. The lowest BCUT2D eigenvalue weighted by Crippen LogP contribution is -2.45. The van der Waals surface area contributed by atoms with E-state index in [1.807, 2.05) is 4.90 Å². The fraction of sp³-hybridized carbons (Fsp3) is 0.846. The number of carbonyl (C=O) groups is 2. The summed E-state index contributed by atoms with van der Waals surface area (Å²) in [5.74, 6) is 0.782. The lowest BCUT2D eigenvalue weighted by Gasteiger charge is -2.27. The molecule has 2 amide bonds. The Morgan fingerprint density at radius 3 is 2.61 bits per heavy atom. The fourth-order valence-corrected chi connectivity index (χ4v) is 3.00. The third-order valence-electron chi connectivity index (χ3n) is 4.16.